The molecule has 0 N–H and O–H groups in total. The highest BCUT2D eigenvalue weighted by Crippen LogP contribution is 2.09. The van der Waals surface area contributed by atoms with Crippen molar-refractivity contribution in [1.82, 2.24) is 9.80 Å². The molecule has 0 atom stereocenters. The summed E-state index contributed by atoms with van der Waals surface area (Å²) in [5.74, 6) is -0.279. The molecular formula is C16H24N2O2. The number of benzene rings is 1. The van der Waals surface area contributed by atoms with Crippen LogP contribution in [-0.2, 0) is 11.3 Å². The number of carbonyl (C=O) groups is 1. The summed E-state index contributed by atoms with van der Waals surface area (Å²) in [6.07, 6.45) is 2.69. The second kappa shape index (κ2) is 7.41. The summed E-state index contributed by atoms with van der Waals surface area (Å²) in [6.45, 7) is 5.65. The number of nitrogens with zero attached hydrogens (tertiary/aromatic N) is 2. The summed E-state index contributed by atoms with van der Waals surface area (Å²) in [5.41, 5.74) is 1.83. The number of likely N-dealkylation sites (N-methyl/N-ethyl adjacent to an activating group) is 1. The van der Waals surface area contributed by atoms with E-state index in [4.69, 9.17) is 4.74 Å². The summed E-state index contributed by atoms with van der Waals surface area (Å²) in [4.78, 5) is 16.2. The zero-order valence-electron chi connectivity index (χ0n) is 12.5. The minimum Gasteiger partial charge on any atom is -0.465 e. The minimum atomic E-state index is -0.279. The average Bonchev–Trinajstić information content (AvgIpc) is 2.98. The van der Waals surface area contributed by atoms with Gasteiger partial charge in [-0.25, -0.2) is 4.79 Å². The molecule has 0 spiro atoms. The van der Waals surface area contributed by atoms with Crippen LogP contribution in [0.15, 0.2) is 24.3 Å². The first-order chi connectivity index (χ1) is 9.69. The highest BCUT2D eigenvalue weighted by molar-refractivity contribution is 5.89. The van der Waals surface area contributed by atoms with Gasteiger partial charge in [0.05, 0.1) is 12.7 Å². The molecule has 0 aromatic heterocycles. The van der Waals surface area contributed by atoms with Crippen LogP contribution in [0.3, 0.4) is 0 Å². The van der Waals surface area contributed by atoms with Crippen molar-refractivity contribution in [2.45, 2.75) is 19.4 Å². The van der Waals surface area contributed by atoms with Gasteiger partial charge in [0, 0.05) is 19.6 Å². The first-order valence-corrected chi connectivity index (χ1v) is 7.27. The van der Waals surface area contributed by atoms with Gasteiger partial charge in [-0.1, -0.05) is 12.1 Å². The molecule has 1 aromatic rings. The van der Waals surface area contributed by atoms with Crippen LogP contribution in [0.5, 0.6) is 0 Å². The first-order valence-electron chi connectivity index (χ1n) is 7.27. The van der Waals surface area contributed by atoms with Gasteiger partial charge >= 0.3 is 5.97 Å². The highest BCUT2D eigenvalue weighted by atomic mass is 16.5. The van der Waals surface area contributed by atoms with Crippen molar-refractivity contribution in [2.24, 2.45) is 0 Å². The van der Waals surface area contributed by atoms with Crippen molar-refractivity contribution in [2.75, 3.05) is 40.3 Å². The predicted octanol–water partition coefficient (Wildman–Crippen LogP) is 2.00. The average molecular weight is 276 g/mol. The van der Waals surface area contributed by atoms with Crippen LogP contribution in [0.2, 0.25) is 0 Å². The maximum absolute atomic E-state index is 11.4. The molecule has 1 heterocycles. The second-order valence-electron chi connectivity index (χ2n) is 5.48. The molecular weight excluding hydrogens is 252 g/mol. The third-order valence-electron chi connectivity index (χ3n) is 3.82. The summed E-state index contributed by atoms with van der Waals surface area (Å²) < 4.78 is 4.70. The van der Waals surface area contributed by atoms with Crippen LogP contribution >= 0.6 is 0 Å². The molecule has 1 aliphatic heterocycles. The molecule has 0 unspecified atom stereocenters. The number of carbonyl (C=O) groups excluding carboxylic acids is 1. The van der Waals surface area contributed by atoms with E-state index in [0.717, 1.165) is 19.6 Å². The Kier molecular flexibility index (Phi) is 5.56. The van der Waals surface area contributed by atoms with Gasteiger partial charge in [-0.3, -0.25) is 0 Å². The number of ether oxygens (including phenoxy) is 1. The van der Waals surface area contributed by atoms with Gasteiger partial charge in [-0.15, -0.1) is 0 Å². The van der Waals surface area contributed by atoms with Crippen molar-refractivity contribution >= 4 is 5.97 Å². The quantitative estimate of drug-likeness (QED) is 0.744. The van der Waals surface area contributed by atoms with Gasteiger partial charge in [-0.2, -0.15) is 0 Å². The van der Waals surface area contributed by atoms with E-state index in [-0.39, 0.29) is 5.97 Å². The second-order valence-corrected chi connectivity index (χ2v) is 5.48. The molecule has 0 bridgehead atoms. The fraction of sp³-hybridized carbons (Fsp3) is 0.562. The van der Waals surface area contributed by atoms with Crippen LogP contribution in [0.4, 0.5) is 0 Å². The van der Waals surface area contributed by atoms with Crippen LogP contribution in [-0.4, -0.2) is 56.1 Å². The van der Waals surface area contributed by atoms with Crippen LogP contribution < -0.4 is 0 Å². The third-order valence-corrected chi connectivity index (χ3v) is 3.82. The maximum atomic E-state index is 11.4. The topological polar surface area (TPSA) is 32.8 Å². The van der Waals surface area contributed by atoms with Crippen molar-refractivity contribution in [1.29, 1.82) is 0 Å². The Labute approximate surface area is 121 Å². The predicted molar refractivity (Wildman–Crippen MR) is 79.8 cm³/mol. The Morgan fingerprint density at radius 1 is 1.25 bits per heavy atom. The summed E-state index contributed by atoms with van der Waals surface area (Å²) in [7, 11) is 3.55. The van der Waals surface area contributed by atoms with E-state index < -0.39 is 0 Å². The van der Waals surface area contributed by atoms with Crippen LogP contribution in [0.25, 0.3) is 0 Å². The number of rotatable bonds is 6. The van der Waals surface area contributed by atoms with Gasteiger partial charge in [0.15, 0.2) is 0 Å². The molecule has 110 valence electrons. The Morgan fingerprint density at radius 3 is 2.50 bits per heavy atom. The molecule has 1 aromatic carbocycles. The fourth-order valence-electron chi connectivity index (χ4n) is 2.57. The molecule has 0 amide bonds. The normalized spacial score (nSPS) is 15.8. The molecule has 2 rings (SSSR count). The zero-order valence-corrected chi connectivity index (χ0v) is 12.5. The summed E-state index contributed by atoms with van der Waals surface area (Å²) in [6, 6.07) is 7.65. The summed E-state index contributed by atoms with van der Waals surface area (Å²) in [5, 5.41) is 0. The first kappa shape index (κ1) is 15.0. The smallest absolute Gasteiger partial charge is 0.337 e. The fourth-order valence-corrected chi connectivity index (χ4v) is 2.57. The number of likely N-dealkylation sites (tertiary alicyclic amines) is 1. The van der Waals surface area contributed by atoms with Gasteiger partial charge in [-0.05, 0) is 50.7 Å². The SMILES string of the molecule is COC(=O)c1ccc(CN(C)CCN2CCCC2)cc1. The maximum Gasteiger partial charge on any atom is 0.337 e. The monoisotopic (exact) mass is 276 g/mol. The minimum absolute atomic E-state index is 0.279. The number of esters is 1. The van der Waals surface area contributed by atoms with E-state index in [2.05, 4.69) is 16.8 Å². The Morgan fingerprint density at radius 2 is 1.90 bits per heavy atom. The molecule has 1 saturated heterocycles. The van der Waals surface area contributed by atoms with E-state index in [1.165, 1.54) is 38.6 Å². The van der Waals surface area contributed by atoms with E-state index in [9.17, 15) is 4.79 Å². The van der Waals surface area contributed by atoms with Crippen molar-refractivity contribution in [3.63, 3.8) is 0 Å². The van der Waals surface area contributed by atoms with Crippen molar-refractivity contribution in [3.05, 3.63) is 35.4 Å². The van der Waals surface area contributed by atoms with Gasteiger partial charge < -0.3 is 14.5 Å². The number of hydrogen-bond acceptors (Lipinski definition) is 4. The van der Waals surface area contributed by atoms with Gasteiger partial charge in [0.1, 0.15) is 0 Å². The molecule has 4 nitrogen and oxygen atoms in total. The standard InChI is InChI=1S/C16H24N2O2/c1-17(11-12-18-9-3-4-10-18)13-14-5-7-15(8-6-14)16(19)20-2/h5-8H,3-4,9-13H2,1-2H3. The largest absolute Gasteiger partial charge is 0.465 e. The van der Waals surface area contributed by atoms with E-state index >= 15 is 0 Å². The summed E-state index contributed by atoms with van der Waals surface area (Å²) >= 11 is 0. The third kappa shape index (κ3) is 4.32. The number of methoxy groups -OCH3 is 1. The Hall–Kier alpha value is -1.39. The number of hydrogen-bond donors (Lipinski definition) is 0. The zero-order chi connectivity index (χ0) is 14.4. The van der Waals surface area contributed by atoms with E-state index in [0.29, 0.717) is 5.56 Å². The van der Waals surface area contributed by atoms with Crippen molar-refractivity contribution < 1.29 is 9.53 Å². The molecule has 0 radical (unpaired) electrons. The lowest BCUT2D eigenvalue weighted by atomic mass is 10.1. The van der Waals surface area contributed by atoms with Crippen LogP contribution in [0.1, 0.15) is 28.8 Å². The molecule has 0 aliphatic carbocycles. The van der Waals surface area contributed by atoms with E-state index in [1.807, 2.05) is 24.3 Å². The molecule has 4 heteroatoms. The Balaban J connectivity index is 1.78. The van der Waals surface area contributed by atoms with Crippen LogP contribution in [0, 0.1) is 0 Å². The molecule has 20 heavy (non-hydrogen) atoms. The molecule has 0 saturated carbocycles. The van der Waals surface area contributed by atoms with E-state index in [1.54, 1.807) is 0 Å². The lowest BCUT2D eigenvalue weighted by Gasteiger charge is -2.21. The lowest BCUT2D eigenvalue weighted by molar-refractivity contribution is 0.0600. The molecule has 1 aliphatic rings. The van der Waals surface area contributed by atoms with Crippen molar-refractivity contribution in [3.8, 4) is 0 Å². The molecule has 1 fully saturated rings. The Bertz CT molecular complexity index is 425. The van der Waals surface area contributed by atoms with Gasteiger partial charge in [0.2, 0.25) is 0 Å². The van der Waals surface area contributed by atoms with Gasteiger partial charge in [0.25, 0.3) is 0 Å². The lowest BCUT2D eigenvalue weighted by Crippen LogP contribution is -2.31. The highest BCUT2D eigenvalue weighted by Gasteiger charge is 2.12.